The van der Waals surface area contributed by atoms with E-state index in [1.165, 1.54) is 0 Å². The van der Waals surface area contributed by atoms with Gasteiger partial charge in [-0.05, 0) is 19.4 Å². The van der Waals surface area contributed by atoms with Gasteiger partial charge in [-0.1, -0.05) is 5.11 Å². The summed E-state index contributed by atoms with van der Waals surface area (Å²) < 4.78 is 16.3. The number of aliphatic hydroxyl groups excluding tert-OH is 2. The molecule has 2 aliphatic rings. The fourth-order valence-electron chi connectivity index (χ4n) is 2.03. The number of azide groups is 1. The second-order valence-electron chi connectivity index (χ2n) is 4.54. The third-order valence-electron chi connectivity index (χ3n) is 2.79. The van der Waals surface area contributed by atoms with E-state index in [1.54, 1.807) is 13.8 Å². The molecule has 2 rings (SSSR count). The Labute approximate surface area is 97.7 Å². The van der Waals surface area contributed by atoms with Gasteiger partial charge in [0.05, 0.1) is 12.6 Å². The van der Waals surface area contributed by atoms with E-state index in [2.05, 4.69) is 10.0 Å². The first-order valence-corrected chi connectivity index (χ1v) is 5.33. The Morgan fingerprint density at radius 3 is 2.65 bits per heavy atom. The van der Waals surface area contributed by atoms with Gasteiger partial charge in [0.25, 0.3) is 0 Å². The second kappa shape index (κ2) is 4.41. The van der Waals surface area contributed by atoms with E-state index in [-0.39, 0.29) is 6.54 Å². The van der Waals surface area contributed by atoms with Gasteiger partial charge in [0.15, 0.2) is 12.1 Å². The maximum Gasteiger partial charge on any atom is 0.190 e. The van der Waals surface area contributed by atoms with Crippen LogP contribution in [0.4, 0.5) is 0 Å². The molecule has 8 heteroatoms. The average Bonchev–Trinajstić information content (AvgIpc) is 2.57. The molecule has 0 aromatic heterocycles. The third kappa shape index (κ3) is 2.37. The molecule has 2 aliphatic heterocycles. The lowest BCUT2D eigenvalue weighted by molar-refractivity contribution is -0.247. The number of fused-ring (bicyclic) bond motifs is 1. The SMILES string of the molecule is CC1(C)O[C@H]2OC(CN=[N+]=[N-])C(O)C(O)[C@H]2O1. The quantitative estimate of drug-likeness (QED) is 0.400. The number of hydrogen-bond donors (Lipinski definition) is 2. The molecule has 3 unspecified atom stereocenters. The van der Waals surface area contributed by atoms with Crippen LogP contribution in [0.1, 0.15) is 13.8 Å². The van der Waals surface area contributed by atoms with Gasteiger partial charge in [-0.2, -0.15) is 0 Å². The van der Waals surface area contributed by atoms with E-state index in [1.807, 2.05) is 0 Å². The molecule has 0 aromatic rings. The molecule has 0 spiro atoms. The molecule has 2 saturated heterocycles. The number of aliphatic hydroxyl groups is 2. The maximum absolute atomic E-state index is 9.88. The zero-order valence-electron chi connectivity index (χ0n) is 9.55. The molecular formula is C9H15N3O5. The minimum absolute atomic E-state index is 0.0677. The highest BCUT2D eigenvalue weighted by molar-refractivity contribution is 4.94. The fourth-order valence-corrected chi connectivity index (χ4v) is 2.03. The zero-order chi connectivity index (χ0) is 12.6. The van der Waals surface area contributed by atoms with Crippen molar-refractivity contribution < 1.29 is 24.4 Å². The highest BCUT2D eigenvalue weighted by Crippen LogP contribution is 2.36. The van der Waals surface area contributed by atoms with Crippen LogP contribution in [0.2, 0.25) is 0 Å². The predicted molar refractivity (Wildman–Crippen MR) is 54.7 cm³/mol. The lowest BCUT2D eigenvalue weighted by Crippen LogP contribution is -2.57. The first-order chi connectivity index (χ1) is 7.94. The molecule has 0 aromatic carbocycles. The van der Waals surface area contributed by atoms with E-state index < -0.39 is 36.5 Å². The van der Waals surface area contributed by atoms with E-state index in [0.29, 0.717) is 0 Å². The lowest BCUT2D eigenvalue weighted by Gasteiger charge is -2.37. The standard InChI is InChI=1S/C9H15N3O5/c1-9(2)16-7-6(14)5(13)4(3-11-12-10)15-8(7)17-9/h4-8,13-14H,3H2,1-2H3/t4?,5?,6?,7-,8-/m1/s1. The molecule has 5 atom stereocenters. The second-order valence-corrected chi connectivity index (χ2v) is 4.54. The number of ether oxygens (including phenoxy) is 3. The van der Waals surface area contributed by atoms with Crippen LogP contribution < -0.4 is 0 Å². The van der Waals surface area contributed by atoms with Crippen LogP contribution in [-0.4, -0.2) is 53.3 Å². The van der Waals surface area contributed by atoms with Gasteiger partial charge in [0.2, 0.25) is 0 Å². The van der Waals surface area contributed by atoms with Crippen molar-refractivity contribution in [2.45, 2.75) is 50.3 Å². The van der Waals surface area contributed by atoms with E-state index >= 15 is 0 Å². The minimum atomic E-state index is -1.17. The van der Waals surface area contributed by atoms with Gasteiger partial charge < -0.3 is 24.4 Å². The highest BCUT2D eigenvalue weighted by atomic mass is 16.8. The molecule has 17 heavy (non-hydrogen) atoms. The summed E-state index contributed by atoms with van der Waals surface area (Å²) >= 11 is 0. The summed E-state index contributed by atoms with van der Waals surface area (Å²) in [5, 5.41) is 23.0. The molecule has 96 valence electrons. The number of nitrogens with zero attached hydrogens (tertiary/aromatic N) is 3. The Morgan fingerprint density at radius 2 is 2.00 bits per heavy atom. The van der Waals surface area contributed by atoms with E-state index in [0.717, 1.165) is 0 Å². The molecule has 0 aliphatic carbocycles. The molecular weight excluding hydrogens is 230 g/mol. The Morgan fingerprint density at radius 1 is 1.29 bits per heavy atom. The maximum atomic E-state index is 9.88. The molecule has 0 bridgehead atoms. The Kier molecular flexibility index (Phi) is 3.26. The predicted octanol–water partition coefficient (Wildman–Crippen LogP) is -0.105. The van der Waals surface area contributed by atoms with Crippen LogP contribution in [0.3, 0.4) is 0 Å². The van der Waals surface area contributed by atoms with Crippen molar-refractivity contribution in [3.63, 3.8) is 0 Å². The van der Waals surface area contributed by atoms with Crippen LogP contribution in [0.15, 0.2) is 5.11 Å². The van der Waals surface area contributed by atoms with Crippen molar-refractivity contribution in [3.05, 3.63) is 10.4 Å². The number of hydrogen-bond acceptors (Lipinski definition) is 6. The van der Waals surface area contributed by atoms with Gasteiger partial charge in [-0.15, -0.1) is 0 Å². The van der Waals surface area contributed by atoms with E-state index in [9.17, 15) is 10.2 Å². The fraction of sp³-hybridized carbons (Fsp3) is 1.00. The summed E-state index contributed by atoms with van der Waals surface area (Å²) in [4.78, 5) is 2.58. The Balaban J connectivity index is 2.10. The summed E-state index contributed by atoms with van der Waals surface area (Å²) in [7, 11) is 0. The molecule has 2 fully saturated rings. The third-order valence-corrected chi connectivity index (χ3v) is 2.79. The summed E-state index contributed by atoms with van der Waals surface area (Å²) in [6.45, 7) is 3.31. The van der Waals surface area contributed by atoms with Crippen molar-refractivity contribution in [2.24, 2.45) is 5.11 Å². The van der Waals surface area contributed by atoms with Crippen molar-refractivity contribution in [1.82, 2.24) is 0 Å². The van der Waals surface area contributed by atoms with Crippen LogP contribution >= 0.6 is 0 Å². The van der Waals surface area contributed by atoms with Crippen molar-refractivity contribution in [2.75, 3.05) is 6.54 Å². The van der Waals surface area contributed by atoms with Gasteiger partial charge >= 0.3 is 0 Å². The smallest absolute Gasteiger partial charge is 0.190 e. The van der Waals surface area contributed by atoms with Crippen molar-refractivity contribution >= 4 is 0 Å². The van der Waals surface area contributed by atoms with Crippen LogP contribution in [0.25, 0.3) is 10.4 Å². The summed E-state index contributed by atoms with van der Waals surface area (Å²) in [6, 6.07) is 0. The summed E-state index contributed by atoms with van der Waals surface area (Å²) in [5.74, 6) is -0.872. The largest absolute Gasteiger partial charge is 0.388 e. The molecule has 8 nitrogen and oxygen atoms in total. The first-order valence-electron chi connectivity index (χ1n) is 5.33. The highest BCUT2D eigenvalue weighted by Gasteiger charge is 2.53. The van der Waals surface area contributed by atoms with Gasteiger partial charge in [0, 0.05) is 4.91 Å². The lowest BCUT2D eigenvalue weighted by atomic mass is 9.99. The summed E-state index contributed by atoms with van der Waals surface area (Å²) in [6.07, 6.45) is -4.59. The average molecular weight is 245 g/mol. The minimum Gasteiger partial charge on any atom is -0.388 e. The molecule has 0 amide bonds. The monoisotopic (exact) mass is 245 g/mol. The molecule has 2 heterocycles. The number of rotatable bonds is 2. The zero-order valence-corrected chi connectivity index (χ0v) is 9.55. The summed E-state index contributed by atoms with van der Waals surface area (Å²) in [5.41, 5.74) is 8.22. The first kappa shape index (κ1) is 12.6. The van der Waals surface area contributed by atoms with Gasteiger partial charge in [-0.3, -0.25) is 0 Å². The van der Waals surface area contributed by atoms with Gasteiger partial charge in [0.1, 0.15) is 18.3 Å². The van der Waals surface area contributed by atoms with Gasteiger partial charge in [-0.25, -0.2) is 0 Å². The topological polar surface area (TPSA) is 117 Å². The molecule has 0 radical (unpaired) electrons. The van der Waals surface area contributed by atoms with Crippen molar-refractivity contribution in [1.29, 1.82) is 0 Å². The normalized spacial score (nSPS) is 43.9. The van der Waals surface area contributed by atoms with E-state index in [4.69, 9.17) is 19.7 Å². The molecule has 2 N–H and O–H groups in total. The Bertz CT molecular complexity index is 344. The van der Waals surface area contributed by atoms with Crippen molar-refractivity contribution in [3.8, 4) is 0 Å². The Hall–Kier alpha value is -0.890. The van der Waals surface area contributed by atoms with Crippen LogP contribution in [0.5, 0.6) is 0 Å². The van der Waals surface area contributed by atoms with Crippen LogP contribution in [0, 0.1) is 0 Å². The molecule has 0 saturated carbocycles. The van der Waals surface area contributed by atoms with Crippen LogP contribution in [-0.2, 0) is 14.2 Å².